The van der Waals surface area contributed by atoms with Crippen molar-refractivity contribution in [3.05, 3.63) is 54.6 Å². The fraction of sp³-hybridized carbons (Fsp3) is 0.429. The van der Waals surface area contributed by atoms with Gasteiger partial charge in [-0.3, -0.25) is 9.59 Å². The topological polar surface area (TPSA) is 99.8 Å². The largest absolute Gasteiger partial charge is 0.391 e. The molecule has 0 bridgehead atoms. The smallest absolute Gasteiger partial charge is 0.267 e. The summed E-state index contributed by atoms with van der Waals surface area (Å²) < 4.78 is 1.99. The molecule has 2 N–H and O–H groups in total. The van der Waals surface area contributed by atoms with E-state index >= 15 is 0 Å². The molecule has 2 heterocycles. The fourth-order valence-electron chi connectivity index (χ4n) is 4.01. The van der Waals surface area contributed by atoms with Gasteiger partial charge in [-0.05, 0) is 24.3 Å². The molecular weight excluding hydrogens is 370 g/mol. The number of carbonyl (C=O) groups excluding carboxylic acids is 2. The van der Waals surface area contributed by atoms with Crippen molar-refractivity contribution in [1.82, 2.24) is 19.9 Å². The first-order valence-corrected chi connectivity index (χ1v) is 9.95. The molecule has 152 valence electrons. The van der Waals surface area contributed by atoms with Gasteiger partial charge in [-0.25, -0.2) is 9.99 Å². The standard InChI is InChI=1S/C21H25N5O3/c27-19-11-16(12-25-9-8-22-14-25)10-18(19)23-21(29)17-6-7-20(28)26(24-17)13-15-4-2-1-3-5-15/h1-5,8-9,14,16,18-19,27H,6-7,10-13H2,(H,23,29)/t16?,18-,19-/m1/s1. The van der Waals surface area contributed by atoms with Gasteiger partial charge in [0, 0.05) is 31.8 Å². The van der Waals surface area contributed by atoms with Crippen LogP contribution in [0.5, 0.6) is 0 Å². The third kappa shape index (κ3) is 4.71. The van der Waals surface area contributed by atoms with Gasteiger partial charge >= 0.3 is 0 Å². The Hall–Kier alpha value is -3.00. The number of rotatable bonds is 6. The SMILES string of the molecule is O=C(N[C@@H]1CC(Cn2ccnc2)C[C@H]1O)C1=NN(Cc2ccccc2)C(=O)CC1. The minimum absolute atomic E-state index is 0.0910. The molecule has 2 aliphatic rings. The van der Waals surface area contributed by atoms with Crippen LogP contribution < -0.4 is 5.32 Å². The maximum absolute atomic E-state index is 12.7. The second-order valence-electron chi connectivity index (χ2n) is 7.73. The lowest BCUT2D eigenvalue weighted by atomic mass is 10.1. The fourth-order valence-corrected chi connectivity index (χ4v) is 4.01. The Bertz CT molecular complexity index is 881. The first-order valence-electron chi connectivity index (χ1n) is 9.95. The van der Waals surface area contributed by atoms with Gasteiger partial charge in [0.1, 0.15) is 5.71 Å². The number of nitrogens with one attached hydrogen (secondary N) is 1. The molecular formula is C21H25N5O3. The molecule has 0 radical (unpaired) electrons. The van der Waals surface area contributed by atoms with Crippen molar-refractivity contribution in [3.63, 3.8) is 0 Å². The van der Waals surface area contributed by atoms with Crippen LogP contribution in [-0.4, -0.2) is 49.3 Å². The first-order chi connectivity index (χ1) is 14.1. The molecule has 3 atom stereocenters. The number of hydrogen-bond acceptors (Lipinski definition) is 5. The van der Waals surface area contributed by atoms with Gasteiger partial charge < -0.3 is 15.0 Å². The number of amides is 2. The van der Waals surface area contributed by atoms with Crippen LogP contribution in [0, 0.1) is 5.92 Å². The summed E-state index contributed by atoms with van der Waals surface area (Å²) in [4.78, 5) is 29.0. The van der Waals surface area contributed by atoms with Crippen molar-refractivity contribution in [2.45, 2.75) is 50.9 Å². The number of hydrazone groups is 1. The molecule has 0 spiro atoms. The average molecular weight is 395 g/mol. The van der Waals surface area contributed by atoms with E-state index in [1.54, 1.807) is 12.5 Å². The minimum Gasteiger partial charge on any atom is -0.391 e. The van der Waals surface area contributed by atoms with Crippen LogP contribution in [0.2, 0.25) is 0 Å². The van der Waals surface area contributed by atoms with Gasteiger partial charge in [-0.2, -0.15) is 5.10 Å². The van der Waals surface area contributed by atoms with E-state index in [1.807, 2.05) is 41.1 Å². The molecule has 1 aliphatic heterocycles. The summed E-state index contributed by atoms with van der Waals surface area (Å²) >= 11 is 0. The van der Waals surface area contributed by atoms with Crippen LogP contribution in [0.15, 0.2) is 54.2 Å². The predicted octanol–water partition coefficient (Wildman–Crippen LogP) is 1.32. The Labute approximate surface area is 169 Å². The lowest BCUT2D eigenvalue weighted by Crippen LogP contribution is -2.45. The quantitative estimate of drug-likeness (QED) is 0.770. The highest BCUT2D eigenvalue weighted by Crippen LogP contribution is 2.27. The molecule has 2 amide bonds. The molecule has 8 nitrogen and oxygen atoms in total. The number of carbonyl (C=O) groups is 2. The number of aliphatic hydroxyl groups excluding tert-OH is 1. The van der Waals surface area contributed by atoms with Crippen LogP contribution in [0.4, 0.5) is 0 Å². The molecule has 2 aromatic rings. The van der Waals surface area contributed by atoms with Gasteiger partial charge in [0.15, 0.2) is 0 Å². The van der Waals surface area contributed by atoms with E-state index in [0.29, 0.717) is 31.5 Å². The highest BCUT2D eigenvalue weighted by molar-refractivity contribution is 6.39. The van der Waals surface area contributed by atoms with E-state index < -0.39 is 6.10 Å². The van der Waals surface area contributed by atoms with Crippen LogP contribution >= 0.6 is 0 Å². The number of hydrogen-bond donors (Lipinski definition) is 2. The van der Waals surface area contributed by atoms with Crippen LogP contribution in [-0.2, 0) is 22.7 Å². The summed E-state index contributed by atoms with van der Waals surface area (Å²) in [7, 11) is 0. The Kier molecular flexibility index (Phi) is 5.71. The number of benzene rings is 1. The van der Waals surface area contributed by atoms with Crippen molar-refractivity contribution >= 4 is 17.5 Å². The summed E-state index contributed by atoms with van der Waals surface area (Å²) in [6.07, 6.45) is 6.71. The Morgan fingerprint density at radius 1 is 1.21 bits per heavy atom. The highest BCUT2D eigenvalue weighted by atomic mass is 16.3. The molecule has 1 aromatic carbocycles. The molecule has 0 saturated heterocycles. The summed E-state index contributed by atoms with van der Waals surface area (Å²) in [5.41, 5.74) is 1.30. The molecule has 1 saturated carbocycles. The second-order valence-corrected chi connectivity index (χ2v) is 7.73. The second kappa shape index (κ2) is 8.57. The third-order valence-electron chi connectivity index (χ3n) is 5.51. The van der Waals surface area contributed by atoms with Crippen LogP contribution in [0.1, 0.15) is 31.2 Å². The van der Waals surface area contributed by atoms with E-state index in [9.17, 15) is 14.7 Å². The molecule has 8 heteroatoms. The Morgan fingerprint density at radius 3 is 2.79 bits per heavy atom. The molecule has 1 aliphatic carbocycles. The predicted molar refractivity (Wildman–Crippen MR) is 107 cm³/mol. The number of imidazole rings is 1. The molecule has 4 rings (SSSR count). The summed E-state index contributed by atoms with van der Waals surface area (Å²) in [6, 6.07) is 9.26. The number of aliphatic hydroxyl groups is 1. The lowest BCUT2D eigenvalue weighted by molar-refractivity contribution is -0.132. The van der Waals surface area contributed by atoms with Crippen LogP contribution in [0.3, 0.4) is 0 Å². The number of aromatic nitrogens is 2. The monoisotopic (exact) mass is 395 g/mol. The van der Waals surface area contributed by atoms with E-state index in [1.165, 1.54) is 5.01 Å². The summed E-state index contributed by atoms with van der Waals surface area (Å²) in [6.45, 7) is 1.11. The zero-order chi connectivity index (χ0) is 20.2. The zero-order valence-electron chi connectivity index (χ0n) is 16.1. The molecule has 29 heavy (non-hydrogen) atoms. The van der Waals surface area contributed by atoms with E-state index in [4.69, 9.17) is 0 Å². The highest BCUT2D eigenvalue weighted by Gasteiger charge is 2.35. The maximum Gasteiger partial charge on any atom is 0.267 e. The van der Waals surface area contributed by atoms with E-state index in [0.717, 1.165) is 12.1 Å². The van der Waals surface area contributed by atoms with Crippen molar-refractivity contribution in [2.24, 2.45) is 11.0 Å². The average Bonchev–Trinajstić information content (AvgIpc) is 3.34. The van der Waals surface area contributed by atoms with Gasteiger partial charge in [-0.15, -0.1) is 0 Å². The maximum atomic E-state index is 12.7. The summed E-state index contributed by atoms with van der Waals surface area (Å²) in [5.74, 6) is -0.122. The van der Waals surface area contributed by atoms with Gasteiger partial charge in [0.2, 0.25) is 5.91 Å². The molecule has 1 aromatic heterocycles. The van der Waals surface area contributed by atoms with Crippen molar-refractivity contribution < 1.29 is 14.7 Å². The van der Waals surface area contributed by atoms with E-state index in [-0.39, 0.29) is 30.2 Å². The first kappa shape index (κ1) is 19.3. The third-order valence-corrected chi connectivity index (χ3v) is 5.51. The Morgan fingerprint density at radius 2 is 2.03 bits per heavy atom. The minimum atomic E-state index is -0.585. The normalized spacial score (nSPS) is 24.4. The van der Waals surface area contributed by atoms with Gasteiger partial charge in [0.05, 0.1) is 25.0 Å². The zero-order valence-corrected chi connectivity index (χ0v) is 16.1. The molecule has 1 unspecified atom stereocenters. The number of nitrogens with zero attached hydrogens (tertiary/aromatic N) is 4. The van der Waals surface area contributed by atoms with Crippen molar-refractivity contribution in [2.75, 3.05) is 0 Å². The van der Waals surface area contributed by atoms with Crippen LogP contribution in [0.25, 0.3) is 0 Å². The Balaban J connectivity index is 1.37. The van der Waals surface area contributed by atoms with E-state index in [2.05, 4.69) is 15.4 Å². The lowest BCUT2D eigenvalue weighted by Gasteiger charge is -2.24. The van der Waals surface area contributed by atoms with Gasteiger partial charge in [-0.1, -0.05) is 30.3 Å². The van der Waals surface area contributed by atoms with Crippen molar-refractivity contribution in [1.29, 1.82) is 0 Å². The molecule has 1 fully saturated rings. The van der Waals surface area contributed by atoms with Gasteiger partial charge in [0.25, 0.3) is 5.91 Å². The summed E-state index contributed by atoms with van der Waals surface area (Å²) in [5, 5.41) is 19.0. The van der Waals surface area contributed by atoms with Crippen molar-refractivity contribution in [3.8, 4) is 0 Å².